The molecule has 3 heterocycles. The Morgan fingerprint density at radius 1 is 1.41 bits per heavy atom. The van der Waals surface area contributed by atoms with Crippen LogP contribution >= 0.6 is 11.3 Å². The van der Waals surface area contributed by atoms with Gasteiger partial charge in [0.2, 0.25) is 5.91 Å². The summed E-state index contributed by atoms with van der Waals surface area (Å²) in [4.78, 5) is 27.8. The van der Waals surface area contributed by atoms with E-state index in [4.69, 9.17) is 0 Å². The summed E-state index contributed by atoms with van der Waals surface area (Å²) in [6.07, 6.45) is 1.77. The fourth-order valence-electron chi connectivity index (χ4n) is 3.02. The van der Waals surface area contributed by atoms with Crippen LogP contribution in [0.5, 0.6) is 0 Å². The van der Waals surface area contributed by atoms with Crippen LogP contribution in [-0.2, 0) is 17.8 Å². The van der Waals surface area contributed by atoms with E-state index in [0.29, 0.717) is 6.54 Å². The Morgan fingerprint density at radius 3 is 3.00 bits per heavy atom. The van der Waals surface area contributed by atoms with Gasteiger partial charge in [0, 0.05) is 17.5 Å². The van der Waals surface area contributed by atoms with Crippen molar-refractivity contribution in [2.24, 2.45) is 0 Å². The van der Waals surface area contributed by atoms with E-state index in [-0.39, 0.29) is 24.1 Å². The zero-order chi connectivity index (χ0) is 15.7. The second-order valence-electron chi connectivity index (χ2n) is 5.53. The molecule has 0 radical (unpaired) electrons. The molecule has 2 aromatic rings. The molecule has 0 bridgehead atoms. The smallest absolute Gasteiger partial charge is 0.267 e. The molecule has 1 aliphatic heterocycles. The van der Waals surface area contributed by atoms with Gasteiger partial charge in [-0.1, -0.05) is 6.92 Å². The van der Waals surface area contributed by atoms with E-state index in [1.54, 1.807) is 17.4 Å². The Hall–Kier alpha value is -1.95. The van der Waals surface area contributed by atoms with Gasteiger partial charge in [-0.05, 0) is 42.8 Å². The van der Waals surface area contributed by atoms with Gasteiger partial charge >= 0.3 is 0 Å². The second kappa shape index (κ2) is 6.04. The van der Waals surface area contributed by atoms with Gasteiger partial charge in [0.15, 0.2) is 0 Å². The van der Waals surface area contributed by atoms with Crippen LogP contribution in [0.2, 0.25) is 0 Å². The summed E-state index contributed by atoms with van der Waals surface area (Å²) in [7, 11) is 0. The first-order valence-corrected chi connectivity index (χ1v) is 8.38. The van der Waals surface area contributed by atoms with Crippen molar-refractivity contribution in [2.45, 2.75) is 39.3 Å². The van der Waals surface area contributed by atoms with E-state index in [1.165, 1.54) is 21.2 Å². The summed E-state index contributed by atoms with van der Waals surface area (Å²) >= 11 is 1.76. The normalized spacial score (nSPS) is 17.4. The van der Waals surface area contributed by atoms with Crippen molar-refractivity contribution < 1.29 is 4.79 Å². The van der Waals surface area contributed by atoms with Crippen LogP contribution < -0.4 is 5.56 Å². The first-order chi connectivity index (χ1) is 10.6. The van der Waals surface area contributed by atoms with Gasteiger partial charge in [-0.15, -0.1) is 11.3 Å². The maximum Gasteiger partial charge on any atom is 0.267 e. The van der Waals surface area contributed by atoms with Crippen molar-refractivity contribution in [1.29, 1.82) is 0 Å². The minimum Gasteiger partial charge on any atom is -0.334 e. The van der Waals surface area contributed by atoms with Crippen molar-refractivity contribution in [2.75, 3.05) is 6.54 Å². The minimum atomic E-state index is -0.236. The van der Waals surface area contributed by atoms with Crippen molar-refractivity contribution in [3.05, 3.63) is 50.1 Å². The molecule has 2 aromatic heterocycles. The van der Waals surface area contributed by atoms with Gasteiger partial charge < -0.3 is 4.90 Å². The molecule has 0 fully saturated rings. The molecular weight excluding hydrogens is 298 g/mol. The molecule has 6 heteroatoms. The third kappa shape index (κ3) is 2.70. The lowest BCUT2D eigenvalue weighted by atomic mass is 9.98. The van der Waals surface area contributed by atoms with Gasteiger partial charge in [0.05, 0.1) is 11.7 Å². The average Bonchev–Trinajstić information content (AvgIpc) is 2.98. The number of carbonyl (C=O) groups excluding carboxylic acids is 1. The molecule has 1 atom stereocenters. The van der Waals surface area contributed by atoms with E-state index in [0.717, 1.165) is 18.5 Å². The Morgan fingerprint density at radius 2 is 2.23 bits per heavy atom. The third-order valence-electron chi connectivity index (χ3n) is 4.09. The monoisotopic (exact) mass is 317 g/mol. The average molecular weight is 317 g/mol. The van der Waals surface area contributed by atoms with Crippen molar-refractivity contribution in [3.8, 4) is 0 Å². The first-order valence-electron chi connectivity index (χ1n) is 7.50. The van der Waals surface area contributed by atoms with E-state index in [1.807, 2.05) is 11.8 Å². The molecule has 22 heavy (non-hydrogen) atoms. The van der Waals surface area contributed by atoms with E-state index in [9.17, 15) is 9.59 Å². The topological polar surface area (TPSA) is 55.2 Å². The summed E-state index contributed by atoms with van der Waals surface area (Å²) in [5, 5.41) is 6.24. The molecule has 1 amide bonds. The van der Waals surface area contributed by atoms with Gasteiger partial charge in [0.25, 0.3) is 5.56 Å². The molecular formula is C16H19N3O2S. The number of aryl methyl sites for hydroxylation is 1. The number of nitrogens with zero attached hydrogens (tertiary/aromatic N) is 3. The van der Waals surface area contributed by atoms with Crippen LogP contribution in [0.15, 0.2) is 28.4 Å². The molecule has 5 nitrogen and oxygen atoms in total. The SMILES string of the molecule is CC[C@@H]1c2ccsc2CCN1C(=O)Cn1nc(C)ccc1=O. The summed E-state index contributed by atoms with van der Waals surface area (Å²) in [5.41, 5.74) is 1.76. The van der Waals surface area contributed by atoms with Crippen LogP contribution in [0.25, 0.3) is 0 Å². The summed E-state index contributed by atoms with van der Waals surface area (Å²) in [6.45, 7) is 4.63. The lowest BCUT2D eigenvalue weighted by Crippen LogP contribution is -2.42. The van der Waals surface area contributed by atoms with E-state index < -0.39 is 0 Å². The molecule has 116 valence electrons. The minimum absolute atomic E-state index is 0.0104. The molecule has 0 unspecified atom stereocenters. The first kappa shape index (κ1) is 15.0. The highest BCUT2D eigenvalue weighted by Crippen LogP contribution is 2.35. The summed E-state index contributed by atoms with van der Waals surface area (Å²) in [6, 6.07) is 5.35. The number of rotatable bonds is 3. The quantitative estimate of drug-likeness (QED) is 0.871. The maximum absolute atomic E-state index is 12.7. The number of carbonyl (C=O) groups is 1. The number of hydrogen-bond donors (Lipinski definition) is 0. The van der Waals surface area contributed by atoms with Gasteiger partial charge in [0.1, 0.15) is 6.54 Å². The fraction of sp³-hybridized carbons (Fsp3) is 0.438. The van der Waals surface area contributed by atoms with Crippen LogP contribution in [-0.4, -0.2) is 27.1 Å². The number of aromatic nitrogens is 2. The van der Waals surface area contributed by atoms with Crippen LogP contribution in [0.3, 0.4) is 0 Å². The van der Waals surface area contributed by atoms with E-state index in [2.05, 4.69) is 23.5 Å². The van der Waals surface area contributed by atoms with Crippen molar-refractivity contribution in [3.63, 3.8) is 0 Å². The van der Waals surface area contributed by atoms with Crippen molar-refractivity contribution in [1.82, 2.24) is 14.7 Å². The Bertz CT molecular complexity index is 750. The standard InChI is InChI=1S/C16H19N3O2S/c1-3-13-12-7-9-22-14(12)6-8-18(13)16(21)10-19-15(20)5-4-11(2)17-19/h4-5,7,9,13H,3,6,8,10H2,1-2H3/t13-/m1/s1. The van der Waals surface area contributed by atoms with Crippen LogP contribution in [0, 0.1) is 6.92 Å². The second-order valence-corrected chi connectivity index (χ2v) is 6.53. The number of thiophene rings is 1. The third-order valence-corrected chi connectivity index (χ3v) is 5.08. The lowest BCUT2D eigenvalue weighted by molar-refractivity contribution is -0.135. The predicted octanol–water partition coefficient (Wildman–Crippen LogP) is 2.15. The Labute approximate surface area is 133 Å². The van der Waals surface area contributed by atoms with E-state index >= 15 is 0 Å². The number of fused-ring (bicyclic) bond motifs is 1. The van der Waals surface area contributed by atoms with Gasteiger partial charge in [-0.2, -0.15) is 5.10 Å². The summed E-state index contributed by atoms with van der Waals surface area (Å²) in [5.74, 6) is -0.0381. The molecule has 0 N–H and O–H groups in total. The highest BCUT2D eigenvalue weighted by Gasteiger charge is 2.30. The van der Waals surface area contributed by atoms with Crippen LogP contribution in [0.4, 0.5) is 0 Å². The number of hydrogen-bond acceptors (Lipinski definition) is 4. The molecule has 1 aliphatic rings. The predicted molar refractivity (Wildman–Crippen MR) is 86.0 cm³/mol. The molecule has 0 aromatic carbocycles. The van der Waals surface area contributed by atoms with Crippen LogP contribution in [0.1, 0.15) is 35.5 Å². The largest absolute Gasteiger partial charge is 0.334 e. The fourth-order valence-corrected chi connectivity index (χ4v) is 3.95. The molecule has 0 aliphatic carbocycles. The zero-order valence-electron chi connectivity index (χ0n) is 12.8. The lowest BCUT2D eigenvalue weighted by Gasteiger charge is -2.35. The Balaban J connectivity index is 1.83. The highest BCUT2D eigenvalue weighted by atomic mass is 32.1. The highest BCUT2D eigenvalue weighted by molar-refractivity contribution is 7.10. The summed E-state index contributed by atoms with van der Waals surface area (Å²) < 4.78 is 1.26. The molecule has 0 spiro atoms. The zero-order valence-corrected chi connectivity index (χ0v) is 13.6. The molecule has 0 saturated heterocycles. The number of amides is 1. The maximum atomic E-state index is 12.7. The van der Waals surface area contributed by atoms with Crippen molar-refractivity contribution >= 4 is 17.2 Å². The Kier molecular flexibility index (Phi) is 4.11. The van der Waals surface area contributed by atoms with Gasteiger partial charge in [-0.25, -0.2) is 4.68 Å². The molecule has 0 saturated carbocycles. The molecule has 3 rings (SSSR count). The van der Waals surface area contributed by atoms with Gasteiger partial charge in [-0.3, -0.25) is 9.59 Å².